The van der Waals surface area contributed by atoms with Crippen LogP contribution in [0.15, 0.2) is 29.3 Å². The SMILES string of the molecule is NCCCC1=NC(Cc2ccc(F)cc2)CO1. The van der Waals surface area contributed by atoms with E-state index in [2.05, 4.69) is 4.99 Å². The number of hydrogen-bond donors (Lipinski definition) is 1. The fourth-order valence-electron chi connectivity index (χ4n) is 1.86. The Bertz CT molecular complexity index is 389. The van der Waals surface area contributed by atoms with Gasteiger partial charge in [0, 0.05) is 6.42 Å². The lowest BCUT2D eigenvalue weighted by Gasteiger charge is -2.04. The van der Waals surface area contributed by atoms with E-state index in [9.17, 15) is 4.39 Å². The quantitative estimate of drug-likeness (QED) is 0.848. The summed E-state index contributed by atoms with van der Waals surface area (Å²) in [7, 11) is 0. The molecule has 0 amide bonds. The highest BCUT2D eigenvalue weighted by Crippen LogP contribution is 2.14. The van der Waals surface area contributed by atoms with Crippen LogP contribution < -0.4 is 5.73 Å². The minimum Gasteiger partial charge on any atom is -0.479 e. The first-order chi connectivity index (χ1) is 8.28. The third-order valence-corrected chi connectivity index (χ3v) is 2.75. The van der Waals surface area contributed by atoms with Crippen molar-refractivity contribution >= 4 is 5.90 Å². The van der Waals surface area contributed by atoms with Crippen molar-refractivity contribution in [2.45, 2.75) is 25.3 Å². The second-order valence-corrected chi connectivity index (χ2v) is 4.21. The number of halogens is 1. The van der Waals surface area contributed by atoms with Crippen LogP contribution in [0.1, 0.15) is 18.4 Å². The Morgan fingerprint density at radius 2 is 2.12 bits per heavy atom. The zero-order chi connectivity index (χ0) is 12.1. The summed E-state index contributed by atoms with van der Waals surface area (Å²) in [6, 6.07) is 6.70. The van der Waals surface area contributed by atoms with Crippen LogP contribution in [0.4, 0.5) is 4.39 Å². The third-order valence-electron chi connectivity index (χ3n) is 2.75. The maximum absolute atomic E-state index is 12.7. The van der Waals surface area contributed by atoms with Crippen molar-refractivity contribution in [1.29, 1.82) is 0 Å². The van der Waals surface area contributed by atoms with Crippen LogP contribution in [0, 0.1) is 5.82 Å². The topological polar surface area (TPSA) is 47.6 Å². The molecule has 0 spiro atoms. The predicted octanol–water partition coefficient (Wildman–Crippen LogP) is 1.90. The van der Waals surface area contributed by atoms with Crippen LogP contribution in [0.2, 0.25) is 0 Å². The Balaban J connectivity index is 1.88. The first-order valence-electron chi connectivity index (χ1n) is 5.92. The number of nitrogens with two attached hydrogens (primary N) is 1. The van der Waals surface area contributed by atoms with Crippen molar-refractivity contribution in [2.75, 3.05) is 13.2 Å². The van der Waals surface area contributed by atoms with Gasteiger partial charge in [-0.15, -0.1) is 0 Å². The van der Waals surface area contributed by atoms with Crippen molar-refractivity contribution in [3.63, 3.8) is 0 Å². The molecule has 0 bridgehead atoms. The Morgan fingerprint density at radius 3 is 2.82 bits per heavy atom. The molecule has 0 aromatic heterocycles. The smallest absolute Gasteiger partial charge is 0.183 e. The summed E-state index contributed by atoms with van der Waals surface area (Å²) in [5.41, 5.74) is 6.52. The van der Waals surface area contributed by atoms with Gasteiger partial charge in [-0.2, -0.15) is 0 Å². The summed E-state index contributed by atoms with van der Waals surface area (Å²) >= 11 is 0. The van der Waals surface area contributed by atoms with Crippen LogP contribution in [0.3, 0.4) is 0 Å². The molecule has 1 aromatic carbocycles. The summed E-state index contributed by atoms with van der Waals surface area (Å²) in [4.78, 5) is 4.49. The van der Waals surface area contributed by atoms with Gasteiger partial charge >= 0.3 is 0 Å². The van der Waals surface area contributed by atoms with Gasteiger partial charge < -0.3 is 10.5 Å². The molecule has 1 heterocycles. The second kappa shape index (κ2) is 5.77. The van der Waals surface area contributed by atoms with Gasteiger partial charge in [0.1, 0.15) is 12.4 Å². The molecule has 3 nitrogen and oxygen atoms in total. The van der Waals surface area contributed by atoms with Crippen molar-refractivity contribution in [1.82, 2.24) is 0 Å². The van der Waals surface area contributed by atoms with Gasteiger partial charge in [-0.05, 0) is 37.1 Å². The zero-order valence-electron chi connectivity index (χ0n) is 9.73. The van der Waals surface area contributed by atoms with Crippen molar-refractivity contribution in [3.8, 4) is 0 Å². The molecule has 0 aliphatic carbocycles. The molecular weight excluding hydrogens is 219 g/mol. The summed E-state index contributed by atoms with van der Waals surface area (Å²) in [5.74, 6) is 0.603. The van der Waals surface area contributed by atoms with E-state index in [0.717, 1.165) is 30.7 Å². The maximum atomic E-state index is 12.7. The maximum Gasteiger partial charge on any atom is 0.183 e. The van der Waals surface area contributed by atoms with Gasteiger partial charge in [0.15, 0.2) is 5.90 Å². The Labute approximate surface area is 100 Å². The molecule has 0 saturated heterocycles. The number of benzene rings is 1. The Hall–Kier alpha value is -1.42. The molecule has 1 aromatic rings. The van der Waals surface area contributed by atoms with E-state index >= 15 is 0 Å². The standard InChI is InChI=1S/C13H17FN2O/c14-11-5-3-10(4-6-11)8-12-9-17-13(16-12)2-1-7-15/h3-6,12H,1-2,7-9,15H2. The Kier molecular flexibility index (Phi) is 4.09. The van der Waals surface area contributed by atoms with E-state index in [1.54, 1.807) is 12.1 Å². The first-order valence-corrected chi connectivity index (χ1v) is 5.92. The highest BCUT2D eigenvalue weighted by molar-refractivity contribution is 5.77. The fourth-order valence-corrected chi connectivity index (χ4v) is 1.86. The van der Waals surface area contributed by atoms with Gasteiger partial charge in [-0.1, -0.05) is 12.1 Å². The molecule has 0 radical (unpaired) electrons. The largest absolute Gasteiger partial charge is 0.479 e. The van der Waals surface area contributed by atoms with Crippen LogP contribution in [0.5, 0.6) is 0 Å². The number of aliphatic imine (C=N–C) groups is 1. The van der Waals surface area contributed by atoms with Gasteiger partial charge in [-0.3, -0.25) is 0 Å². The lowest BCUT2D eigenvalue weighted by atomic mass is 10.1. The van der Waals surface area contributed by atoms with Gasteiger partial charge in [0.05, 0.1) is 6.04 Å². The summed E-state index contributed by atoms with van der Waals surface area (Å²) in [6.07, 6.45) is 2.52. The molecule has 92 valence electrons. The number of ether oxygens (including phenoxy) is 1. The van der Waals surface area contributed by atoms with E-state index in [1.165, 1.54) is 12.1 Å². The molecule has 1 aliphatic rings. The summed E-state index contributed by atoms with van der Waals surface area (Å²) in [6.45, 7) is 1.28. The van der Waals surface area contributed by atoms with E-state index in [1.807, 2.05) is 0 Å². The van der Waals surface area contributed by atoms with Crippen LogP contribution in [-0.2, 0) is 11.2 Å². The lowest BCUT2D eigenvalue weighted by molar-refractivity contribution is 0.308. The van der Waals surface area contributed by atoms with E-state index in [0.29, 0.717) is 13.2 Å². The third kappa shape index (κ3) is 3.53. The minimum atomic E-state index is -0.205. The molecule has 4 heteroatoms. The zero-order valence-corrected chi connectivity index (χ0v) is 9.73. The monoisotopic (exact) mass is 236 g/mol. The minimum absolute atomic E-state index is 0.160. The summed E-state index contributed by atoms with van der Waals surface area (Å²) < 4.78 is 18.2. The van der Waals surface area contributed by atoms with E-state index in [4.69, 9.17) is 10.5 Å². The van der Waals surface area contributed by atoms with Crippen molar-refractivity contribution < 1.29 is 9.13 Å². The van der Waals surface area contributed by atoms with Gasteiger partial charge in [0.2, 0.25) is 0 Å². The van der Waals surface area contributed by atoms with E-state index in [-0.39, 0.29) is 11.9 Å². The number of nitrogens with zero attached hydrogens (tertiary/aromatic N) is 1. The van der Waals surface area contributed by atoms with E-state index < -0.39 is 0 Å². The van der Waals surface area contributed by atoms with Crippen LogP contribution >= 0.6 is 0 Å². The molecule has 1 unspecified atom stereocenters. The molecule has 2 N–H and O–H groups in total. The Morgan fingerprint density at radius 1 is 1.35 bits per heavy atom. The molecule has 0 saturated carbocycles. The second-order valence-electron chi connectivity index (χ2n) is 4.21. The first kappa shape index (κ1) is 12.0. The highest BCUT2D eigenvalue weighted by Gasteiger charge is 2.18. The molecule has 17 heavy (non-hydrogen) atoms. The van der Waals surface area contributed by atoms with Gasteiger partial charge in [-0.25, -0.2) is 9.38 Å². The highest BCUT2D eigenvalue weighted by atomic mass is 19.1. The number of rotatable bonds is 5. The lowest BCUT2D eigenvalue weighted by Crippen LogP contribution is -2.09. The molecule has 1 aliphatic heterocycles. The average molecular weight is 236 g/mol. The van der Waals surface area contributed by atoms with Crippen molar-refractivity contribution in [2.24, 2.45) is 10.7 Å². The predicted molar refractivity (Wildman–Crippen MR) is 65.6 cm³/mol. The molecule has 0 fully saturated rings. The number of hydrogen-bond acceptors (Lipinski definition) is 3. The average Bonchev–Trinajstić information content (AvgIpc) is 2.77. The van der Waals surface area contributed by atoms with Gasteiger partial charge in [0.25, 0.3) is 0 Å². The summed E-state index contributed by atoms with van der Waals surface area (Å²) in [5, 5.41) is 0. The van der Waals surface area contributed by atoms with Crippen molar-refractivity contribution in [3.05, 3.63) is 35.6 Å². The fraction of sp³-hybridized carbons (Fsp3) is 0.462. The normalized spacial score (nSPS) is 18.9. The molecular formula is C13H17FN2O. The van der Waals surface area contributed by atoms with Crippen LogP contribution in [-0.4, -0.2) is 25.1 Å². The van der Waals surface area contributed by atoms with Crippen LogP contribution in [0.25, 0.3) is 0 Å². The molecule has 2 rings (SSSR count). The molecule has 1 atom stereocenters.